The van der Waals surface area contributed by atoms with Gasteiger partial charge in [-0.15, -0.1) is 0 Å². The molecule has 1 aromatic rings. The molecule has 0 amide bonds. The van der Waals surface area contributed by atoms with Crippen molar-refractivity contribution in [2.75, 3.05) is 13.7 Å². The van der Waals surface area contributed by atoms with Gasteiger partial charge in [0.05, 0.1) is 19.8 Å². The van der Waals surface area contributed by atoms with Crippen LogP contribution >= 0.6 is 0 Å². The first kappa shape index (κ1) is 13.3. The highest BCUT2D eigenvalue weighted by Crippen LogP contribution is 2.19. The first-order valence-corrected chi connectivity index (χ1v) is 5.25. The maximum Gasteiger partial charge on any atom is 0.118 e. The van der Waals surface area contributed by atoms with E-state index in [9.17, 15) is 5.11 Å². The molecule has 6 nitrogen and oxygen atoms in total. The molecule has 0 spiro atoms. The van der Waals surface area contributed by atoms with Crippen LogP contribution < -0.4 is 10.5 Å². The van der Waals surface area contributed by atoms with E-state index in [1.807, 2.05) is 24.3 Å². The molecule has 0 fully saturated rings. The van der Waals surface area contributed by atoms with Crippen molar-refractivity contribution in [2.45, 2.75) is 18.6 Å². The Balaban J connectivity index is 2.56. The molecule has 2 atom stereocenters. The minimum atomic E-state index is -0.719. The van der Waals surface area contributed by atoms with Gasteiger partial charge in [-0.3, -0.25) is 0 Å². The third-order valence-corrected chi connectivity index (χ3v) is 2.43. The Kier molecular flexibility index (Phi) is 5.29. The standard InChI is InChI=1S/C11H16N4O2/c1-17-10-4-2-8(3-5-10)11(12)6-9(16)7-14-15-13/h2-5,9,11,16H,6-7,12H2,1H3/t9-,11+/m0/s1. The first-order chi connectivity index (χ1) is 8.17. The summed E-state index contributed by atoms with van der Waals surface area (Å²) >= 11 is 0. The van der Waals surface area contributed by atoms with E-state index in [1.165, 1.54) is 0 Å². The zero-order valence-electron chi connectivity index (χ0n) is 9.65. The van der Waals surface area contributed by atoms with Gasteiger partial charge in [0.15, 0.2) is 0 Å². The largest absolute Gasteiger partial charge is 0.497 e. The van der Waals surface area contributed by atoms with Crippen molar-refractivity contribution in [2.24, 2.45) is 10.8 Å². The van der Waals surface area contributed by atoms with Crippen molar-refractivity contribution in [1.29, 1.82) is 0 Å². The van der Waals surface area contributed by atoms with Crippen molar-refractivity contribution in [1.82, 2.24) is 0 Å². The quantitative estimate of drug-likeness (QED) is 0.446. The van der Waals surface area contributed by atoms with E-state index in [0.717, 1.165) is 11.3 Å². The number of aliphatic hydroxyl groups is 1. The Bertz CT molecular complexity index is 387. The van der Waals surface area contributed by atoms with Crippen LogP contribution in [0.25, 0.3) is 10.4 Å². The van der Waals surface area contributed by atoms with Crippen LogP contribution in [0, 0.1) is 0 Å². The van der Waals surface area contributed by atoms with E-state index < -0.39 is 6.10 Å². The van der Waals surface area contributed by atoms with Crippen molar-refractivity contribution < 1.29 is 9.84 Å². The van der Waals surface area contributed by atoms with Gasteiger partial charge in [0.1, 0.15) is 5.75 Å². The molecule has 0 saturated carbocycles. The fourth-order valence-electron chi connectivity index (χ4n) is 1.49. The fourth-order valence-corrected chi connectivity index (χ4v) is 1.49. The molecule has 1 rings (SSSR count). The molecule has 92 valence electrons. The van der Waals surface area contributed by atoms with Crippen LogP contribution in [0.5, 0.6) is 5.75 Å². The number of nitrogens with two attached hydrogens (primary N) is 1. The van der Waals surface area contributed by atoms with Gasteiger partial charge in [-0.25, -0.2) is 0 Å². The van der Waals surface area contributed by atoms with E-state index in [2.05, 4.69) is 10.0 Å². The number of benzene rings is 1. The summed E-state index contributed by atoms with van der Waals surface area (Å²) < 4.78 is 5.04. The molecule has 1 aromatic carbocycles. The maximum atomic E-state index is 9.54. The molecule has 17 heavy (non-hydrogen) atoms. The lowest BCUT2D eigenvalue weighted by Crippen LogP contribution is -2.20. The molecule has 0 bridgehead atoms. The topological polar surface area (TPSA) is 104 Å². The number of ether oxygens (including phenoxy) is 1. The van der Waals surface area contributed by atoms with Gasteiger partial charge in [0.25, 0.3) is 0 Å². The van der Waals surface area contributed by atoms with Gasteiger partial charge in [-0.2, -0.15) is 0 Å². The normalized spacial score (nSPS) is 13.6. The number of aliphatic hydroxyl groups excluding tert-OH is 1. The van der Waals surface area contributed by atoms with Gasteiger partial charge < -0.3 is 15.6 Å². The molecule has 0 aliphatic heterocycles. The predicted molar refractivity (Wildman–Crippen MR) is 64.6 cm³/mol. The van der Waals surface area contributed by atoms with Gasteiger partial charge >= 0.3 is 0 Å². The van der Waals surface area contributed by atoms with Crippen LogP contribution in [0.15, 0.2) is 29.4 Å². The van der Waals surface area contributed by atoms with Crippen LogP contribution in [0.4, 0.5) is 0 Å². The minimum absolute atomic E-state index is 0.0420. The highest BCUT2D eigenvalue weighted by Gasteiger charge is 2.11. The average Bonchev–Trinajstić information content (AvgIpc) is 2.36. The van der Waals surface area contributed by atoms with Crippen LogP contribution in [0.1, 0.15) is 18.0 Å². The van der Waals surface area contributed by atoms with E-state index in [-0.39, 0.29) is 12.6 Å². The number of nitrogens with zero attached hydrogens (tertiary/aromatic N) is 3. The molecular weight excluding hydrogens is 220 g/mol. The molecule has 6 heteroatoms. The Hall–Kier alpha value is -1.75. The van der Waals surface area contributed by atoms with Crippen LogP contribution in [-0.2, 0) is 0 Å². The highest BCUT2D eigenvalue weighted by molar-refractivity contribution is 5.28. The SMILES string of the molecule is COc1ccc([C@H](N)C[C@H](O)CN=[N+]=[N-])cc1. The van der Waals surface area contributed by atoms with Crippen LogP contribution in [0.2, 0.25) is 0 Å². The Morgan fingerprint density at radius 3 is 2.65 bits per heavy atom. The predicted octanol–water partition coefficient (Wildman–Crippen LogP) is 1.76. The maximum absolute atomic E-state index is 9.54. The van der Waals surface area contributed by atoms with Crippen LogP contribution in [0.3, 0.4) is 0 Å². The fraction of sp³-hybridized carbons (Fsp3) is 0.455. The summed E-state index contributed by atoms with van der Waals surface area (Å²) in [6.07, 6.45) is -0.367. The minimum Gasteiger partial charge on any atom is -0.497 e. The summed E-state index contributed by atoms with van der Waals surface area (Å²) in [5.74, 6) is 0.760. The molecule has 3 N–H and O–H groups in total. The Morgan fingerprint density at radius 1 is 1.47 bits per heavy atom. The van der Waals surface area contributed by atoms with E-state index in [1.54, 1.807) is 7.11 Å². The molecule has 0 radical (unpaired) electrons. The van der Waals surface area contributed by atoms with Crippen molar-refractivity contribution in [3.8, 4) is 5.75 Å². The van der Waals surface area contributed by atoms with Gasteiger partial charge in [-0.1, -0.05) is 17.2 Å². The molecule has 0 heterocycles. The van der Waals surface area contributed by atoms with Crippen molar-refractivity contribution in [3.63, 3.8) is 0 Å². The second-order valence-corrected chi connectivity index (χ2v) is 3.68. The monoisotopic (exact) mass is 236 g/mol. The lowest BCUT2D eigenvalue weighted by atomic mass is 10.0. The van der Waals surface area contributed by atoms with Crippen LogP contribution in [-0.4, -0.2) is 24.9 Å². The Morgan fingerprint density at radius 2 is 2.12 bits per heavy atom. The van der Waals surface area contributed by atoms with Gasteiger partial charge in [-0.05, 0) is 29.6 Å². The molecule has 0 aliphatic rings. The Labute approximate surface area is 99.6 Å². The molecule has 0 saturated heterocycles. The molecular formula is C11H16N4O2. The first-order valence-electron chi connectivity index (χ1n) is 5.25. The van der Waals surface area contributed by atoms with E-state index >= 15 is 0 Å². The van der Waals surface area contributed by atoms with Gasteiger partial charge in [0.2, 0.25) is 0 Å². The van der Waals surface area contributed by atoms with E-state index in [4.69, 9.17) is 16.0 Å². The second kappa shape index (κ2) is 6.75. The summed E-state index contributed by atoms with van der Waals surface area (Å²) in [6.45, 7) is 0.0420. The van der Waals surface area contributed by atoms with Crippen molar-refractivity contribution >= 4 is 0 Å². The number of methoxy groups -OCH3 is 1. The molecule has 0 aromatic heterocycles. The number of rotatable bonds is 6. The zero-order valence-corrected chi connectivity index (χ0v) is 9.65. The summed E-state index contributed by atoms with van der Waals surface area (Å²) in [7, 11) is 1.60. The summed E-state index contributed by atoms with van der Waals surface area (Å²) in [5, 5.41) is 12.8. The second-order valence-electron chi connectivity index (χ2n) is 3.68. The zero-order chi connectivity index (χ0) is 12.7. The smallest absolute Gasteiger partial charge is 0.118 e. The lowest BCUT2D eigenvalue weighted by molar-refractivity contribution is 0.163. The summed E-state index contributed by atoms with van der Waals surface area (Å²) in [6, 6.07) is 7.04. The third-order valence-electron chi connectivity index (χ3n) is 2.43. The number of azide groups is 1. The highest BCUT2D eigenvalue weighted by atomic mass is 16.5. The number of hydrogen-bond donors (Lipinski definition) is 2. The number of hydrogen-bond acceptors (Lipinski definition) is 4. The molecule has 0 unspecified atom stereocenters. The van der Waals surface area contributed by atoms with Crippen molar-refractivity contribution in [3.05, 3.63) is 40.3 Å². The summed E-state index contributed by atoms with van der Waals surface area (Å²) in [5.41, 5.74) is 15.0. The lowest BCUT2D eigenvalue weighted by Gasteiger charge is -2.15. The van der Waals surface area contributed by atoms with Gasteiger partial charge in [0, 0.05) is 11.0 Å². The average molecular weight is 236 g/mol. The third kappa shape index (κ3) is 4.32. The molecule has 0 aliphatic carbocycles. The van der Waals surface area contributed by atoms with E-state index in [0.29, 0.717) is 6.42 Å². The summed E-state index contributed by atoms with van der Waals surface area (Å²) in [4.78, 5) is 2.59.